The van der Waals surface area contributed by atoms with Gasteiger partial charge in [0.05, 0.1) is 7.11 Å². The van der Waals surface area contributed by atoms with Crippen LogP contribution < -0.4 is 10.1 Å². The fourth-order valence-electron chi connectivity index (χ4n) is 3.80. The van der Waals surface area contributed by atoms with E-state index in [9.17, 15) is 23.2 Å². The van der Waals surface area contributed by atoms with E-state index in [0.717, 1.165) is 35.4 Å². The molecule has 168 valence electrons. The van der Waals surface area contributed by atoms with Gasteiger partial charge in [0.1, 0.15) is 17.8 Å². The Kier molecular flexibility index (Phi) is 5.58. The Bertz CT molecular complexity index is 1070. The number of benzene rings is 2. The fraction of sp³-hybridized carbons (Fsp3) is 0.348. The number of nitrogens with one attached hydrogen (secondary N) is 1. The van der Waals surface area contributed by atoms with Gasteiger partial charge in [0.2, 0.25) is 5.91 Å². The summed E-state index contributed by atoms with van der Waals surface area (Å²) in [6, 6.07) is 9.63. The van der Waals surface area contributed by atoms with Gasteiger partial charge in [0.15, 0.2) is 11.6 Å². The molecule has 1 aliphatic heterocycles. The summed E-state index contributed by atoms with van der Waals surface area (Å²) in [6.45, 7) is 1.31. The highest BCUT2D eigenvalue weighted by Gasteiger charge is 2.50. The molecule has 2 aromatic rings. The lowest BCUT2D eigenvalue weighted by molar-refractivity contribution is -0.139. The maximum absolute atomic E-state index is 13.7. The second-order valence-electron chi connectivity index (χ2n) is 8.18. The number of nitrogens with zero attached hydrogens (tertiary/aromatic N) is 2. The lowest BCUT2D eigenvalue weighted by Crippen LogP contribution is -2.45. The van der Waals surface area contributed by atoms with Crippen LogP contribution in [0.4, 0.5) is 13.6 Å². The number of halogens is 2. The van der Waals surface area contributed by atoms with E-state index < -0.39 is 35.7 Å². The zero-order chi connectivity index (χ0) is 23.0. The van der Waals surface area contributed by atoms with E-state index in [4.69, 9.17) is 4.74 Å². The number of rotatable bonds is 7. The maximum atomic E-state index is 13.7. The number of amides is 4. The second-order valence-corrected chi connectivity index (χ2v) is 8.18. The standard InChI is InChI=1S/C23H23F2N3O4/c1-23(15-5-10-18(24)19(25)11-15)21(30)28(22(31)26-23)13-20(29)27(16-6-7-16)12-14-3-8-17(32-2)9-4-14/h3-5,8-11,16H,6-7,12-13H2,1-2H3,(H,26,31)/t23-/m1/s1. The smallest absolute Gasteiger partial charge is 0.325 e. The Labute approximate surface area is 183 Å². The molecule has 4 amide bonds. The summed E-state index contributed by atoms with van der Waals surface area (Å²) in [5, 5.41) is 2.51. The Balaban J connectivity index is 1.50. The van der Waals surface area contributed by atoms with Gasteiger partial charge in [-0.2, -0.15) is 0 Å². The molecule has 9 heteroatoms. The average Bonchev–Trinajstić information content (AvgIpc) is 3.59. The summed E-state index contributed by atoms with van der Waals surface area (Å²) in [5.41, 5.74) is -0.594. The van der Waals surface area contributed by atoms with Gasteiger partial charge >= 0.3 is 6.03 Å². The molecule has 0 unspecified atom stereocenters. The molecule has 0 bridgehead atoms. The summed E-state index contributed by atoms with van der Waals surface area (Å²) in [6.07, 6.45) is 1.71. The van der Waals surface area contributed by atoms with Crippen LogP contribution in [0.25, 0.3) is 0 Å². The molecule has 2 aromatic carbocycles. The third-order valence-corrected chi connectivity index (χ3v) is 5.89. The number of hydrogen-bond acceptors (Lipinski definition) is 4. The molecule has 1 heterocycles. The first kappa shape index (κ1) is 21.7. The molecule has 0 aromatic heterocycles. The lowest BCUT2D eigenvalue weighted by atomic mass is 9.92. The van der Waals surface area contributed by atoms with Gasteiger partial charge in [-0.1, -0.05) is 18.2 Å². The van der Waals surface area contributed by atoms with Crippen molar-refractivity contribution < 1.29 is 27.9 Å². The van der Waals surface area contributed by atoms with Crippen molar-refractivity contribution in [2.45, 2.75) is 37.9 Å². The van der Waals surface area contributed by atoms with Crippen LogP contribution in [0, 0.1) is 11.6 Å². The normalized spacial score (nSPS) is 20.3. The van der Waals surface area contributed by atoms with Crippen LogP contribution in [-0.4, -0.2) is 47.3 Å². The first-order valence-electron chi connectivity index (χ1n) is 10.2. The van der Waals surface area contributed by atoms with Crippen molar-refractivity contribution in [1.29, 1.82) is 0 Å². The molecular formula is C23H23F2N3O4. The number of ether oxygens (including phenoxy) is 1. The first-order valence-corrected chi connectivity index (χ1v) is 10.2. The maximum Gasteiger partial charge on any atom is 0.325 e. The van der Waals surface area contributed by atoms with Crippen molar-refractivity contribution in [2.75, 3.05) is 13.7 Å². The van der Waals surface area contributed by atoms with Gasteiger partial charge in [-0.25, -0.2) is 13.6 Å². The van der Waals surface area contributed by atoms with Crippen LogP contribution >= 0.6 is 0 Å². The fourth-order valence-corrected chi connectivity index (χ4v) is 3.80. The molecule has 7 nitrogen and oxygen atoms in total. The number of carbonyl (C=O) groups excluding carboxylic acids is 3. The van der Waals surface area contributed by atoms with E-state index >= 15 is 0 Å². The molecule has 1 aliphatic carbocycles. The van der Waals surface area contributed by atoms with E-state index in [2.05, 4.69) is 5.32 Å². The molecule has 0 spiro atoms. The third kappa shape index (κ3) is 4.02. The number of methoxy groups -OCH3 is 1. The summed E-state index contributed by atoms with van der Waals surface area (Å²) >= 11 is 0. The van der Waals surface area contributed by atoms with Crippen LogP contribution in [0.5, 0.6) is 5.75 Å². The molecule has 4 rings (SSSR count). The molecule has 1 N–H and O–H groups in total. The summed E-state index contributed by atoms with van der Waals surface area (Å²) in [7, 11) is 1.57. The van der Waals surface area contributed by atoms with Crippen LogP contribution in [-0.2, 0) is 21.7 Å². The molecule has 2 fully saturated rings. The number of hydrogen-bond donors (Lipinski definition) is 1. The van der Waals surface area contributed by atoms with Crippen molar-refractivity contribution in [3.63, 3.8) is 0 Å². The van der Waals surface area contributed by atoms with Crippen molar-refractivity contribution >= 4 is 17.8 Å². The number of imide groups is 1. The molecule has 2 aliphatic rings. The first-order chi connectivity index (χ1) is 15.2. The molecule has 0 radical (unpaired) electrons. The minimum atomic E-state index is -1.59. The van der Waals surface area contributed by atoms with Crippen molar-refractivity contribution in [2.24, 2.45) is 0 Å². The van der Waals surface area contributed by atoms with Crippen molar-refractivity contribution in [3.8, 4) is 5.75 Å². The Morgan fingerprint density at radius 1 is 1.16 bits per heavy atom. The van der Waals surface area contributed by atoms with Gasteiger partial charge in [-0.3, -0.25) is 14.5 Å². The molecule has 32 heavy (non-hydrogen) atoms. The quantitative estimate of drug-likeness (QED) is 0.668. The van der Waals surface area contributed by atoms with Gasteiger partial charge < -0.3 is 15.0 Å². The van der Waals surface area contributed by atoms with Gasteiger partial charge in [-0.05, 0) is 55.2 Å². The molecule has 1 saturated heterocycles. The lowest BCUT2D eigenvalue weighted by Gasteiger charge is -2.25. The number of urea groups is 1. The Morgan fingerprint density at radius 3 is 2.44 bits per heavy atom. The second kappa shape index (κ2) is 8.22. The minimum absolute atomic E-state index is 0.0583. The Morgan fingerprint density at radius 2 is 1.84 bits per heavy atom. The zero-order valence-electron chi connectivity index (χ0n) is 17.7. The van der Waals surface area contributed by atoms with Gasteiger partial charge in [0, 0.05) is 12.6 Å². The van der Waals surface area contributed by atoms with Crippen LogP contribution in [0.3, 0.4) is 0 Å². The molecule has 1 saturated carbocycles. The topological polar surface area (TPSA) is 79.0 Å². The summed E-state index contributed by atoms with van der Waals surface area (Å²) in [4.78, 5) is 41.1. The Hall–Kier alpha value is -3.49. The van der Waals surface area contributed by atoms with E-state index in [1.165, 1.54) is 13.0 Å². The minimum Gasteiger partial charge on any atom is -0.497 e. The van der Waals surface area contributed by atoms with Crippen LogP contribution in [0.1, 0.15) is 30.9 Å². The van der Waals surface area contributed by atoms with E-state index in [1.54, 1.807) is 24.1 Å². The highest BCUT2D eigenvalue weighted by molar-refractivity contribution is 6.09. The average molecular weight is 443 g/mol. The monoisotopic (exact) mass is 443 g/mol. The summed E-state index contributed by atoms with van der Waals surface area (Å²) < 4.78 is 32.2. The predicted molar refractivity (Wildman–Crippen MR) is 111 cm³/mol. The molecular weight excluding hydrogens is 420 g/mol. The summed E-state index contributed by atoms with van der Waals surface area (Å²) in [5.74, 6) is -2.53. The largest absolute Gasteiger partial charge is 0.497 e. The highest BCUT2D eigenvalue weighted by Crippen LogP contribution is 2.32. The zero-order valence-corrected chi connectivity index (χ0v) is 17.7. The number of carbonyl (C=O) groups is 3. The van der Waals surface area contributed by atoms with E-state index in [0.29, 0.717) is 12.3 Å². The van der Waals surface area contributed by atoms with Crippen LogP contribution in [0.15, 0.2) is 42.5 Å². The SMILES string of the molecule is COc1ccc(CN(C(=O)CN2C(=O)N[C@](C)(c3ccc(F)c(F)c3)C2=O)C2CC2)cc1. The third-order valence-electron chi connectivity index (χ3n) is 5.89. The molecule has 1 atom stereocenters. The highest BCUT2D eigenvalue weighted by atomic mass is 19.2. The van der Waals surface area contributed by atoms with Crippen LogP contribution in [0.2, 0.25) is 0 Å². The van der Waals surface area contributed by atoms with E-state index in [1.807, 2.05) is 12.1 Å². The van der Waals surface area contributed by atoms with Gasteiger partial charge in [-0.15, -0.1) is 0 Å². The predicted octanol–water partition coefficient (Wildman–Crippen LogP) is 2.93. The van der Waals surface area contributed by atoms with Gasteiger partial charge in [0.25, 0.3) is 5.91 Å². The van der Waals surface area contributed by atoms with Crippen molar-refractivity contribution in [3.05, 3.63) is 65.2 Å². The van der Waals surface area contributed by atoms with E-state index in [-0.39, 0.29) is 17.5 Å². The van der Waals surface area contributed by atoms with Crippen molar-refractivity contribution in [1.82, 2.24) is 15.1 Å².